The second-order valence-corrected chi connectivity index (χ2v) is 7.60. The Morgan fingerprint density at radius 1 is 1.19 bits per heavy atom. The number of thioether (sulfide) groups is 1. The molecule has 1 N–H and O–H groups in total. The number of rotatable bonds is 7. The summed E-state index contributed by atoms with van der Waals surface area (Å²) in [6, 6.07) is 8.38. The van der Waals surface area contributed by atoms with Crippen LogP contribution in [0, 0.1) is 0 Å². The first-order valence-electron chi connectivity index (χ1n) is 8.16. The van der Waals surface area contributed by atoms with Crippen LogP contribution in [0.4, 0.5) is 0 Å². The van der Waals surface area contributed by atoms with Crippen molar-refractivity contribution >= 4 is 11.8 Å². The highest BCUT2D eigenvalue weighted by molar-refractivity contribution is 8.00. The fourth-order valence-electron chi connectivity index (χ4n) is 3.09. The van der Waals surface area contributed by atoms with E-state index in [9.17, 15) is 0 Å². The van der Waals surface area contributed by atoms with E-state index < -0.39 is 0 Å². The Morgan fingerprint density at radius 3 is 2.57 bits per heavy atom. The molecular formula is C18H29NOS. The van der Waals surface area contributed by atoms with Crippen molar-refractivity contribution < 1.29 is 4.74 Å². The summed E-state index contributed by atoms with van der Waals surface area (Å²) >= 11 is 2.05. The number of hydrogen-bond donors (Lipinski definition) is 1. The first-order chi connectivity index (χ1) is 10.2. The summed E-state index contributed by atoms with van der Waals surface area (Å²) in [5.41, 5.74) is 1.26. The Morgan fingerprint density at radius 2 is 1.90 bits per heavy atom. The van der Waals surface area contributed by atoms with Crippen LogP contribution in [-0.4, -0.2) is 23.7 Å². The van der Waals surface area contributed by atoms with Gasteiger partial charge in [0.15, 0.2) is 0 Å². The van der Waals surface area contributed by atoms with Gasteiger partial charge in [0.25, 0.3) is 0 Å². The van der Waals surface area contributed by atoms with Crippen molar-refractivity contribution in [2.45, 2.75) is 63.3 Å². The van der Waals surface area contributed by atoms with Crippen LogP contribution in [0.2, 0.25) is 0 Å². The summed E-state index contributed by atoms with van der Waals surface area (Å²) in [7, 11) is 0. The van der Waals surface area contributed by atoms with Gasteiger partial charge in [-0.1, -0.05) is 37.5 Å². The molecule has 1 aliphatic carbocycles. The molecular weight excluding hydrogens is 278 g/mol. The molecule has 2 rings (SSSR count). The number of para-hydroxylation sites is 1. The van der Waals surface area contributed by atoms with Crippen molar-refractivity contribution in [3.63, 3.8) is 0 Å². The van der Waals surface area contributed by atoms with Crippen molar-refractivity contribution in [3.05, 3.63) is 29.8 Å². The molecule has 0 unspecified atom stereocenters. The third-order valence-corrected chi connectivity index (χ3v) is 5.71. The van der Waals surface area contributed by atoms with Crippen LogP contribution in [0.1, 0.15) is 51.5 Å². The van der Waals surface area contributed by atoms with E-state index in [2.05, 4.69) is 43.6 Å². The highest BCUT2D eigenvalue weighted by Crippen LogP contribution is 2.38. The first-order valence-corrected chi connectivity index (χ1v) is 9.38. The smallest absolute Gasteiger partial charge is 0.124 e. The zero-order chi connectivity index (χ0) is 15.1. The minimum Gasteiger partial charge on any atom is -0.491 e. The van der Waals surface area contributed by atoms with Gasteiger partial charge in [0, 0.05) is 23.4 Å². The predicted molar refractivity (Wildman–Crippen MR) is 93.2 cm³/mol. The lowest BCUT2D eigenvalue weighted by atomic mass is 9.88. The van der Waals surface area contributed by atoms with Crippen molar-refractivity contribution in [1.82, 2.24) is 5.32 Å². The van der Waals surface area contributed by atoms with Crippen LogP contribution in [-0.2, 0) is 6.54 Å². The molecule has 0 heterocycles. The maximum absolute atomic E-state index is 5.89. The van der Waals surface area contributed by atoms with Crippen LogP contribution < -0.4 is 10.1 Å². The molecule has 0 aromatic heterocycles. The molecule has 0 bridgehead atoms. The highest BCUT2D eigenvalue weighted by atomic mass is 32.2. The molecule has 1 aromatic rings. The highest BCUT2D eigenvalue weighted by Gasteiger charge is 2.30. The number of hydrogen-bond acceptors (Lipinski definition) is 3. The van der Waals surface area contributed by atoms with E-state index in [4.69, 9.17) is 4.74 Å². The van der Waals surface area contributed by atoms with Gasteiger partial charge in [-0.15, -0.1) is 0 Å². The molecule has 118 valence electrons. The molecule has 0 aliphatic heterocycles. The maximum Gasteiger partial charge on any atom is 0.124 e. The second-order valence-electron chi connectivity index (χ2n) is 6.33. The van der Waals surface area contributed by atoms with Gasteiger partial charge in [-0.3, -0.25) is 0 Å². The van der Waals surface area contributed by atoms with Gasteiger partial charge in [-0.25, -0.2) is 0 Å². The van der Waals surface area contributed by atoms with Crippen molar-refractivity contribution in [2.24, 2.45) is 0 Å². The molecule has 0 amide bonds. The molecule has 0 atom stereocenters. The third kappa shape index (κ3) is 4.93. The lowest BCUT2D eigenvalue weighted by Gasteiger charge is -2.36. The van der Waals surface area contributed by atoms with Crippen molar-refractivity contribution in [3.8, 4) is 5.75 Å². The van der Waals surface area contributed by atoms with Gasteiger partial charge in [-0.05, 0) is 39.0 Å². The van der Waals surface area contributed by atoms with Crippen LogP contribution in [0.3, 0.4) is 0 Å². The molecule has 0 saturated heterocycles. The fourth-order valence-corrected chi connectivity index (χ4v) is 4.04. The van der Waals surface area contributed by atoms with Crippen LogP contribution in [0.25, 0.3) is 0 Å². The molecule has 1 aromatic carbocycles. The quantitative estimate of drug-likeness (QED) is 0.793. The molecule has 1 fully saturated rings. The van der Waals surface area contributed by atoms with E-state index in [1.807, 2.05) is 17.8 Å². The van der Waals surface area contributed by atoms with Gasteiger partial charge in [0.1, 0.15) is 5.75 Å². The van der Waals surface area contributed by atoms with E-state index >= 15 is 0 Å². The summed E-state index contributed by atoms with van der Waals surface area (Å²) in [5, 5.41) is 3.68. The van der Waals surface area contributed by atoms with Crippen molar-refractivity contribution in [2.75, 3.05) is 12.8 Å². The average molecular weight is 308 g/mol. The average Bonchev–Trinajstić information content (AvgIpc) is 2.49. The topological polar surface area (TPSA) is 21.3 Å². The Kier molecular flexibility index (Phi) is 6.43. The third-order valence-electron chi connectivity index (χ3n) is 4.30. The zero-order valence-corrected chi connectivity index (χ0v) is 14.5. The standard InChI is InChI=1S/C18H29NOS/c1-15(2)20-17-10-6-5-9-16(17)13-19-14-18(21-3)11-7-4-8-12-18/h5-6,9-10,15,19H,4,7-8,11-14H2,1-3H3. The largest absolute Gasteiger partial charge is 0.491 e. The Hall–Kier alpha value is -0.670. The number of nitrogens with one attached hydrogen (secondary N) is 1. The van der Waals surface area contributed by atoms with Crippen LogP contribution in [0.15, 0.2) is 24.3 Å². The second kappa shape index (κ2) is 8.09. The minimum atomic E-state index is 0.224. The van der Waals surface area contributed by atoms with Gasteiger partial charge < -0.3 is 10.1 Å². The van der Waals surface area contributed by atoms with Gasteiger partial charge in [-0.2, -0.15) is 11.8 Å². The maximum atomic E-state index is 5.89. The summed E-state index contributed by atoms with van der Waals surface area (Å²) in [5.74, 6) is 1.02. The normalized spacial score (nSPS) is 17.9. The molecule has 21 heavy (non-hydrogen) atoms. The lowest BCUT2D eigenvalue weighted by molar-refractivity contribution is 0.239. The summed E-state index contributed by atoms with van der Waals surface area (Å²) in [4.78, 5) is 0. The Balaban J connectivity index is 1.90. The van der Waals surface area contributed by atoms with Gasteiger partial charge >= 0.3 is 0 Å². The summed E-state index contributed by atoms with van der Waals surface area (Å²) in [6.45, 7) is 6.15. The molecule has 1 aliphatic rings. The van der Waals surface area contributed by atoms with Crippen LogP contribution >= 0.6 is 11.8 Å². The first kappa shape index (κ1) is 16.7. The molecule has 2 nitrogen and oxygen atoms in total. The van der Waals surface area contributed by atoms with E-state index in [-0.39, 0.29) is 6.10 Å². The number of benzene rings is 1. The Bertz CT molecular complexity index is 427. The summed E-state index contributed by atoms with van der Waals surface area (Å²) < 4.78 is 6.34. The van der Waals surface area contributed by atoms with E-state index in [1.54, 1.807) is 0 Å². The molecule has 0 radical (unpaired) electrons. The molecule has 3 heteroatoms. The van der Waals surface area contributed by atoms with Gasteiger partial charge in [0.05, 0.1) is 6.10 Å². The van der Waals surface area contributed by atoms with Crippen molar-refractivity contribution in [1.29, 1.82) is 0 Å². The van der Waals surface area contributed by atoms with E-state index in [0.29, 0.717) is 4.75 Å². The molecule has 0 spiro atoms. The van der Waals surface area contributed by atoms with E-state index in [0.717, 1.165) is 18.8 Å². The predicted octanol–water partition coefficient (Wildman–Crippen LogP) is 4.63. The Labute approximate surface area is 134 Å². The monoisotopic (exact) mass is 307 g/mol. The number of ether oxygens (including phenoxy) is 1. The van der Waals surface area contributed by atoms with E-state index in [1.165, 1.54) is 37.7 Å². The summed E-state index contributed by atoms with van der Waals surface area (Å²) in [6.07, 6.45) is 9.37. The molecule has 1 saturated carbocycles. The fraction of sp³-hybridized carbons (Fsp3) is 0.667. The SMILES string of the molecule is CSC1(CNCc2ccccc2OC(C)C)CCCCC1. The zero-order valence-electron chi connectivity index (χ0n) is 13.7. The van der Waals surface area contributed by atoms with Gasteiger partial charge in [0.2, 0.25) is 0 Å². The minimum absolute atomic E-state index is 0.224. The lowest BCUT2D eigenvalue weighted by Crippen LogP contribution is -2.39. The van der Waals surface area contributed by atoms with Crippen LogP contribution in [0.5, 0.6) is 5.75 Å².